The van der Waals surface area contributed by atoms with Gasteiger partial charge in [-0.1, -0.05) is 48.5 Å². The molecule has 3 unspecified atom stereocenters. The second-order valence-corrected chi connectivity index (χ2v) is 7.83. The van der Waals surface area contributed by atoms with Crippen LogP contribution in [0.4, 0.5) is 0 Å². The molecular weight excluding hydrogens is 270 g/mol. The van der Waals surface area contributed by atoms with E-state index >= 15 is 0 Å². The summed E-state index contributed by atoms with van der Waals surface area (Å²) in [6, 6.07) is 18.7. The molecule has 2 aromatic carbocycles. The van der Waals surface area contributed by atoms with E-state index in [-0.39, 0.29) is 23.2 Å². The summed E-state index contributed by atoms with van der Waals surface area (Å²) in [7, 11) is 0. The molecule has 0 saturated carbocycles. The molecule has 4 aliphatic rings. The summed E-state index contributed by atoms with van der Waals surface area (Å²) in [6.45, 7) is 5.18. The largest absolute Gasteiger partial charge is 0.396 e. The maximum atomic E-state index is 9.75. The van der Waals surface area contributed by atoms with Crippen LogP contribution in [0.5, 0.6) is 0 Å². The van der Waals surface area contributed by atoms with E-state index in [9.17, 15) is 5.11 Å². The topological polar surface area (TPSA) is 20.2 Å². The van der Waals surface area contributed by atoms with Gasteiger partial charge in [-0.05, 0) is 6.92 Å². The number of nitrogens with zero attached hydrogens (tertiary/aromatic N) is 1. The number of benzene rings is 2. The number of rotatable bonds is 2. The number of hydrogen-bond acceptors (Lipinski definition) is 1. The molecule has 2 fully saturated rings. The van der Waals surface area contributed by atoms with Crippen molar-refractivity contribution in [3.8, 4) is 0 Å². The highest BCUT2D eigenvalue weighted by molar-refractivity contribution is 5.66. The molecule has 0 radical (unpaired) electrons. The fourth-order valence-electron chi connectivity index (χ4n) is 7.41. The van der Waals surface area contributed by atoms with Crippen molar-refractivity contribution in [2.45, 2.75) is 42.9 Å². The molecule has 0 amide bonds. The summed E-state index contributed by atoms with van der Waals surface area (Å²) < 4.78 is 1.16. The standard InChI is InChI=1S/C20H20NO/c1-18-13-7-3-4-8-14(13)19(2)17-20(11-12-22,21(17,18)19)16-10-6-5-9-15(16)18/h3-10,17,22H,11-12H2,1-2H3/q+1/t17?,18?,19-,20+,21?/m0/s1. The number of quaternary nitrogens is 1. The average Bonchev–Trinajstić information content (AvgIpc) is 3.35. The number of hydrogen-bond donors (Lipinski definition) is 1. The number of aliphatic hydroxyl groups excluding tert-OH is 1. The van der Waals surface area contributed by atoms with Crippen LogP contribution in [0.1, 0.15) is 42.5 Å². The van der Waals surface area contributed by atoms with Crippen molar-refractivity contribution in [1.29, 1.82) is 0 Å². The van der Waals surface area contributed by atoms with Gasteiger partial charge >= 0.3 is 0 Å². The lowest BCUT2D eigenvalue weighted by atomic mass is 9.73. The summed E-state index contributed by atoms with van der Waals surface area (Å²) in [5.41, 5.74) is 6.57. The highest BCUT2D eigenvalue weighted by atomic mass is 16.3. The summed E-state index contributed by atoms with van der Waals surface area (Å²) in [5, 5.41) is 9.75. The third-order valence-corrected chi connectivity index (χ3v) is 7.71. The zero-order valence-electron chi connectivity index (χ0n) is 13.0. The van der Waals surface area contributed by atoms with Crippen molar-refractivity contribution < 1.29 is 9.59 Å². The van der Waals surface area contributed by atoms with Crippen molar-refractivity contribution in [3.05, 3.63) is 70.8 Å². The van der Waals surface area contributed by atoms with E-state index in [1.54, 1.807) is 5.56 Å². The fraction of sp³-hybridized carbons (Fsp3) is 0.400. The second-order valence-electron chi connectivity index (χ2n) is 7.83. The van der Waals surface area contributed by atoms with E-state index in [0.717, 1.165) is 10.9 Å². The van der Waals surface area contributed by atoms with Crippen LogP contribution >= 0.6 is 0 Å². The molecule has 0 bridgehead atoms. The Kier molecular flexibility index (Phi) is 1.57. The third kappa shape index (κ3) is 0.693. The highest BCUT2D eigenvalue weighted by Crippen LogP contribution is 2.97. The Morgan fingerprint density at radius 1 is 0.909 bits per heavy atom. The highest BCUT2D eigenvalue weighted by Gasteiger charge is 3.14. The Balaban J connectivity index is 1.75. The van der Waals surface area contributed by atoms with Crippen LogP contribution < -0.4 is 0 Å². The van der Waals surface area contributed by atoms with Gasteiger partial charge in [-0.15, -0.1) is 0 Å². The van der Waals surface area contributed by atoms with Crippen LogP contribution in [0.15, 0.2) is 48.5 Å². The van der Waals surface area contributed by atoms with Gasteiger partial charge in [0.1, 0.15) is 0 Å². The lowest BCUT2D eigenvalue weighted by Crippen LogP contribution is -2.44. The summed E-state index contributed by atoms with van der Waals surface area (Å²) >= 11 is 0. The predicted octanol–water partition coefficient (Wildman–Crippen LogP) is 2.98. The van der Waals surface area contributed by atoms with Crippen molar-refractivity contribution >= 4 is 0 Å². The van der Waals surface area contributed by atoms with E-state index in [4.69, 9.17) is 0 Å². The predicted molar refractivity (Wildman–Crippen MR) is 84.1 cm³/mol. The van der Waals surface area contributed by atoms with E-state index < -0.39 is 0 Å². The second kappa shape index (κ2) is 2.91. The molecule has 2 nitrogen and oxygen atoms in total. The molecule has 2 aromatic rings. The SMILES string of the molecule is CC12c3ccccc3[C@@]3(C)C4[C@@](CCO)(c5ccccc51)[N+]423. The summed E-state index contributed by atoms with van der Waals surface area (Å²) in [6.07, 6.45) is 0.897. The minimum atomic E-state index is 0.0712. The van der Waals surface area contributed by atoms with Crippen molar-refractivity contribution in [3.63, 3.8) is 0 Å². The molecular formula is C20H20NO+. The van der Waals surface area contributed by atoms with Gasteiger partial charge in [0.15, 0.2) is 16.6 Å². The Morgan fingerprint density at radius 2 is 1.45 bits per heavy atom. The Morgan fingerprint density at radius 3 is 2.09 bits per heavy atom. The van der Waals surface area contributed by atoms with Crippen LogP contribution in [0.25, 0.3) is 0 Å². The van der Waals surface area contributed by atoms with Crippen molar-refractivity contribution in [2.24, 2.45) is 0 Å². The molecule has 22 heavy (non-hydrogen) atoms. The third-order valence-electron chi connectivity index (χ3n) is 7.71. The molecule has 0 aliphatic carbocycles. The van der Waals surface area contributed by atoms with Gasteiger partial charge in [-0.3, -0.25) is 4.48 Å². The monoisotopic (exact) mass is 290 g/mol. The minimum absolute atomic E-state index is 0.0712. The zero-order chi connectivity index (χ0) is 15.0. The normalized spacial score (nSPS) is 47.5. The number of fused-ring (bicyclic) bond motifs is 8. The molecule has 1 N–H and O–H groups in total. The lowest BCUT2D eigenvalue weighted by molar-refractivity contribution is -0.833. The molecule has 2 saturated heterocycles. The first-order valence-corrected chi connectivity index (χ1v) is 8.33. The van der Waals surface area contributed by atoms with Gasteiger partial charge in [0.05, 0.1) is 0 Å². The maximum absolute atomic E-state index is 9.75. The van der Waals surface area contributed by atoms with E-state index in [2.05, 4.69) is 62.4 Å². The van der Waals surface area contributed by atoms with Crippen molar-refractivity contribution in [1.82, 2.24) is 0 Å². The first kappa shape index (κ1) is 11.9. The van der Waals surface area contributed by atoms with Crippen LogP contribution in [0.3, 0.4) is 0 Å². The van der Waals surface area contributed by atoms with Crippen LogP contribution in [-0.4, -0.2) is 22.2 Å². The Hall–Kier alpha value is -1.64. The van der Waals surface area contributed by atoms with Crippen molar-refractivity contribution in [2.75, 3.05) is 6.61 Å². The fourth-order valence-corrected chi connectivity index (χ4v) is 7.41. The van der Waals surface area contributed by atoms with Gasteiger partial charge in [0.2, 0.25) is 6.04 Å². The molecule has 6 rings (SSSR count). The first-order valence-electron chi connectivity index (χ1n) is 8.33. The molecule has 4 aliphatic heterocycles. The first-order chi connectivity index (χ1) is 10.6. The molecule has 2 heteroatoms. The Labute approximate surface area is 130 Å². The molecule has 0 aromatic heterocycles. The van der Waals surface area contributed by atoms with E-state index in [1.807, 2.05) is 0 Å². The summed E-state index contributed by atoms with van der Waals surface area (Å²) in [4.78, 5) is 0. The molecule has 1 spiro atoms. The van der Waals surface area contributed by atoms with Crippen LogP contribution in [0, 0.1) is 0 Å². The van der Waals surface area contributed by atoms with Crippen LogP contribution in [0.2, 0.25) is 0 Å². The zero-order valence-corrected chi connectivity index (χ0v) is 13.0. The van der Waals surface area contributed by atoms with E-state index in [0.29, 0.717) is 6.04 Å². The summed E-state index contributed by atoms with van der Waals surface area (Å²) in [5.74, 6) is 0. The minimum Gasteiger partial charge on any atom is -0.396 e. The average molecular weight is 290 g/mol. The van der Waals surface area contributed by atoms with Gasteiger partial charge < -0.3 is 5.11 Å². The molecule has 5 atom stereocenters. The maximum Gasteiger partial charge on any atom is 0.211 e. The smallest absolute Gasteiger partial charge is 0.211 e. The van der Waals surface area contributed by atoms with Gasteiger partial charge in [-0.25, -0.2) is 0 Å². The van der Waals surface area contributed by atoms with Gasteiger partial charge in [0, 0.05) is 42.2 Å². The number of aliphatic hydroxyl groups is 1. The molecule has 110 valence electrons. The molecule has 4 heterocycles. The van der Waals surface area contributed by atoms with Gasteiger partial charge in [0.25, 0.3) is 0 Å². The quantitative estimate of drug-likeness (QED) is 0.666. The van der Waals surface area contributed by atoms with Crippen LogP contribution in [-0.2, 0) is 16.6 Å². The van der Waals surface area contributed by atoms with E-state index in [1.165, 1.54) is 16.7 Å². The Bertz CT molecular complexity index is 876. The lowest BCUT2D eigenvalue weighted by Gasteiger charge is -2.30. The van der Waals surface area contributed by atoms with Gasteiger partial charge in [-0.2, -0.15) is 0 Å².